The number of rotatable bonds is 7. The van der Waals surface area contributed by atoms with Crippen molar-refractivity contribution in [2.24, 2.45) is 0 Å². The van der Waals surface area contributed by atoms with E-state index in [0.29, 0.717) is 22.1 Å². The van der Waals surface area contributed by atoms with Gasteiger partial charge < -0.3 is 19.7 Å². The van der Waals surface area contributed by atoms with Crippen molar-refractivity contribution in [3.05, 3.63) is 54.1 Å². The maximum atomic E-state index is 12.4. The SMILES string of the molecule is COc1cc(/C=C/C(=O)Nc2ccccc2SC(=O)N(C)C)ccc1OC(C)C. The van der Waals surface area contributed by atoms with Crippen molar-refractivity contribution in [3.63, 3.8) is 0 Å². The van der Waals surface area contributed by atoms with Crippen molar-refractivity contribution in [1.82, 2.24) is 4.90 Å². The highest BCUT2D eigenvalue weighted by Crippen LogP contribution is 2.30. The van der Waals surface area contributed by atoms with Gasteiger partial charge in [0.1, 0.15) is 0 Å². The zero-order valence-corrected chi connectivity index (χ0v) is 18.1. The van der Waals surface area contributed by atoms with E-state index in [2.05, 4.69) is 5.32 Å². The summed E-state index contributed by atoms with van der Waals surface area (Å²) >= 11 is 1.06. The van der Waals surface area contributed by atoms with Crippen LogP contribution in [0.1, 0.15) is 19.4 Å². The van der Waals surface area contributed by atoms with Crippen LogP contribution in [-0.4, -0.2) is 43.4 Å². The number of para-hydroxylation sites is 1. The summed E-state index contributed by atoms with van der Waals surface area (Å²) in [5, 5.41) is 2.70. The second-order valence-corrected chi connectivity index (χ2v) is 7.65. The Balaban J connectivity index is 2.10. The lowest BCUT2D eigenvalue weighted by Gasteiger charge is -2.13. The van der Waals surface area contributed by atoms with Gasteiger partial charge in [-0.05, 0) is 61.5 Å². The molecular formula is C22H26N2O4S. The first kappa shape index (κ1) is 22.4. The molecule has 29 heavy (non-hydrogen) atoms. The first-order chi connectivity index (χ1) is 13.8. The van der Waals surface area contributed by atoms with E-state index in [4.69, 9.17) is 9.47 Å². The van der Waals surface area contributed by atoms with Crippen molar-refractivity contribution in [3.8, 4) is 11.5 Å². The summed E-state index contributed by atoms with van der Waals surface area (Å²) in [6.07, 6.45) is 3.17. The fourth-order valence-electron chi connectivity index (χ4n) is 2.33. The topological polar surface area (TPSA) is 67.9 Å². The number of nitrogens with zero attached hydrogens (tertiary/aromatic N) is 1. The zero-order chi connectivity index (χ0) is 21.4. The molecule has 0 radical (unpaired) electrons. The number of carbonyl (C=O) groups excluding carboxylic acids is 2. The zero-order valence-electron chi connectivity index (χ0n) is 17.3. The maximum absolute atomic E-state index is 12.4. The Labute approximate surface area is 175 Å². The predicted octanol–water partition coefficient (Wildman–Crippen LogP) is 4.91. The minimum absolute atomic E-state index is 0.0355. The maximum Gasteiger partial charge on any atom is 0.286 e. The molecule has 0 fully saturated rings. The summed E-state index contributed by atoms with van der Waals surface area (Å²) in [6.45, 7) is 3.89. The van der Waals surface area contributed by atoms with Gasteiger partial charge in [0, 0.05) is 25.1 Å². The number of amides is 2. The molecule has 0 unspecified atom stereocenters. The molecular weight excluding hydrogens is 388 g/mol. The molecule has 0 aliphatic rings. The highest BCUT2D eigenvalue weighted by molar-refractivity contribution is 8.13. The number of carbonyl (C=O) groups is 2. The number of methoxy groups -OCH3 is 1. The number of nitrogens with one attached hydrogen (secondary N) is 1. The van der Waals surface area contributed by atoms with Gasteiger partial charge in [-0.25, -0.2) is 0 Å². The molecule has 154 valence electrons. The Bertz CT molecular complexity index is 894. The Morgan fingerprint density at radius 1 is 1.10 bits per heavy atom. The minimum Gasteiger partial charge on any atom is -0.493 e. The van der Waals surface area contributed by atoms with Crippen molar-refractivity contribution < 1.29 is 19.1 Å². The molecule has 0 aromatic heterocycles. The second kappa shape index (κ2) is 10.6. The Morgan fingerprint density at radius 2 is 1.83 bits per heavy atom. The second-order valence-electron chi connectivity index (χ2n) is 6.66. The molecule has 6 nitrogen and oxygen atoms in total. The largest absolute Gasteiger partial charge is 0.493 e. The third-order valence-electron chi connectivity index (χ3n) is 3.68. The number of hydrogen-bond donors (Lipinski definition) is 1. The summed E-state index contributed by atoms with van der Waals surface area (Å²) in [6, 6.07) is 12.7. The van der Waals surface area contributed by atoms with Gasteiger partial charge in [-0.1, -0.05) is 18.2 Å². The molecule has 0 saturated carbocycles. The van der Waals surface area contributed by atoms with Crippen molar-refractivity contribution >= 4 is 34.7 Å². The van der Waals surface area contributed by atoms with Gasteiger partial charge in [0.05, 0.1) is 18.9 Å². The van der Waals surface area contributed by atoms with Gasteiger partial charge >= 0.3 is 0 Å². The average molecular weight is 415 g/mol. The molecule has 0 aliphatic carbocycles. The molecule has 0 atom stereocenters. The number of ether oxygens (including phenoxy) is 2. The minimum atomic E-state index is -0.295. The molecule has 2 rings (SSSR count). The molecule has 0 saturated heterocycles. The van der Waals surface area contributed by atoms with E-state index in [-0.39, 0.29) is 17.3 Å². The standard InChI is InChI=1S/C22H26N2O4S/c1-15(2)28-18-12-10-16(14-19(18)27-5)11-13-21(25)23-17-8-6-7-9-20(17)29-22(26)24(3)4/h6-15H,1-5H3,(H,23,25)/b13-11+. The molecule has 0 spiro atoms. The van der Waals surface area contributed by atoms with Crippen LogP contribution in [-0.2, 0) is 4.79 Å². The van der Waals surface area contributed by atoms with Gasteiger partial charge in [-0.2, -0.15) is 0 Å². The fraction of sp³-hybridized carbons (Fsp3) is 0.273. The molecule has 2 aromatic rings. The monoisotopic (exact) mass is 414 g/mol. The first-order valence-corrected chi connectivity index (χ1v) is 9.93. The third kappa shape index (κ3) is 6.87. The number of thioether (sulfide) groups is 1. The van der Waals surface area contributed by atoms with Gasteiger partial charge in [0.15, 0.2) is 11.5 Å². The van der Waals surface area contributed by atoms with Crippen LogP contribution in [0.15, 0.2) is 53.4 Å². The van der Waals surface area contributed by atoms with Crippen LogP contribution >= 0.6 is 11.8 Å². The molecule has 0 heterocycles. The van der Waals surface area contributed by atoms with E-state index in [1.807, 2.05) is 38.1 Å². The quantitative estimate of drug-likeness (QED) is 0.515. The van der Waals surface area contributed by atoms with Gasteiger partial charge in [-0.15, -0.1) is 0 Å². The van der Waals surface area contributed by atoms with Crippen LogP contribution < -0.4 is 14.8 Å². The van der Waals surface area contributed by atoms with Crippen LogP contribution in [0.3, 0.4) is 0 Å². The van der Waals surface area contributed by atoms with E-state index >= 15 is 0 Å². The van der Waals surface area contributed by atoms with Crippen LogP contribution in [0.4, 0.5) is 10.5 Å². The Morgan fingerprint density at radius 3 is 2.48 bits per heavy atom. The smallest absolute Gasteiger partial charge is 0.286 e. The molecule has 2 amide bonds. The van der Waals surface area contributed by atoms with Gasteiger partial charge in [-0.3, -0.25) is 9.59 Å². The highest BCUT2D eigenvalue weighted by atomic mass is 32.2. The Kier molecular flexibility index (Phi) is 8.15. The van der Waals surface area contributed by atoms with E-state index < -0.39 is 0 Å². The predicted molar refractivity (Wildman–Crippen MR) is 118 cm³/mol. The molecule has 1 N–H and O–H groups in total. The Hall–Kier alpha value is -2.93. The van der Waals surface area contributed by atoms with Gasteiger partial charge in [0.2, 0.25) is 5.91 Å². The fourth-order valence-corrected chi connectivity index (χ4v) is 3.08. The molecule has 0 aliphatic heterocycles. The number of benzene rings is 2. The van der Waals surface area contributed by atoms with Gasteiger partial charge in [0.25, 0.3) is 5.24 Å². The van der Waals surface area contributed by atoms with E-state index in [1.54, 1.807) is 45.5 Å². The molecule has 2 aromatic carbocycles. The molecule has 0 bridgehead atoms. The first-order valence-electron chi connectivity index (χ1n) is 9.12. The molecule has 7 heteroatoms. The van der Waals surface area contributed by atoms with Crippen LogP contribution in [0.25, 0.3) is 6.08 Å². The summed E-state index contributed by atoms with van der Waals surface area (Å²) in [7, 11) is 4.95. The van der Waals surface area contributed by atoms with Crippen molar-refractivity contribution in [2.75, 3.05) is 26.5 Å². The number of hydrogen-bond acceptors (Lipinski definition) is 5. The van der Waals surface area contributed by atoms with Crippen LogP contribution in [0.5, 0.6) is 11.5 Å². The highest BCUT2D eigenvalue weighted by Gasteiger charge is 2.12. The third-order valence-corrected chi connectivity index (χ3v) is 4.80. The van der Waals surface area contributed by atoms with E-state index in [1.165, 1.54) is 11.0 Å². The van der Waals surface area contributed by atoms with Crippen molar-refractivity contribution in [1.29, 1.82) is 0 Å². The van der Waals surface area contributed by atoms with Crippen LogP contribution in [0, 0.1) is 0 Å². The average Bonchev–Trinajstić information content (AvgIpc) is 2.68. The van der Waals surface area contributed by atoms with Crippen molar-refractivity contribution in [2.45, 2.75) is 24.8 Å². The van der Waals surface area contributed by atoms with E-state index in [9.17, 15) is 9.59 Å². The summed E-state index contributed by atoms with van der Waals surface area (Å²) in [5.41, 5.74) is 1.39. The summed E-state index contributed by atoms with van der Waals surface area (Å²) in [4.78, 5) is 26.5. The lowest BCUT2D eigenvalue weighted by Crippen LogP contribution is -2.16. The normalized spacial score (nSPS) is 10.8. The van der Waals surface area contributed by atoms with E-state index in [0.717, 1.165) is 17.3 Å². The van der Waals surface area contributed by atoms with Crippen LogP contribution in [0.2, 0.25) is 0 Å². The number of anilines is 1. The summed E-state index contributed by atoms with van der Waals surface area (Å²) < 4.78 is 11.1. The summed E-state index contributed by atoms with van der Waals surface area (Å²) in [5.74, 6) is 0.961. The lowest BCUT2D eigenvalue weighted by molar-refractivity contribution is -0.111. The lowest BCUT2D eigenvalue weighted by atomic mass is 10.2.